The highest BCUT2D eigenvalue weighted by Crippen LogP contribution is 2.26. The summed E-state index contributed by atoms with van der Waals surface area (Å²) in [5, 5.41) is 11.5. The normalized spacial score (nSPS) is 20.2. The Morgan fingerprint density at radius 3 is 2.79 bits per heavy atom. The third-order valence-electron chi connectivity index (χ3n) is 3.51. The maximum absolute atomic E-state index is 11.9. The summed E-state index contributed by atoms with van der Waals surface area (Å²) in [7, 11) is 0. The Morgan fingerprint density at radius 1 is 1.47 bits per heavy atom. The van der Waals surface area contributed by atoms with Gasteiger partial charge in [-0.15, -0.1) is 0 Å². The van der Waals surface area contributed by atoms with Gasteiger partial charge in [0.05, 0.1) is 12.1 Å². The zero-order valence-corrected chi connectivity index (χ0v) is 10.9. The third-order valence-corrected chi connectivity index (χ3v) is 3.51. The summed E-state index contributed by atoms with van der Waals surface area (Å²) in [5.74, 6) is -0.827. The molecule has 1 aliphatic heterocycles. The van der Waals surface area contributed by atoms with E-state index in [0.717, 1.165) is 5.56 Å². The molecule has 0 aromatic heterocycles. The second kappa shape index (κ2) is 5.73. The molecule has 2 unspecified atom stereocenters. The molecule has 0 radical (unpaired) electrons. The topological polar surface area (TPSA) is 69.6 Å². The minimum Gasteiger partial charge on any atom is -0.481 e. The van der Waals surface area contributed by atoms with Crippen LogP contribution in [0.25, 0.3) is 0 Å². The number of carbonyl (C=O) groups is 2. The van der Waals surface area contributed by atoms with E-state index in [2.05, 4.69) is 5.32 Å². The highest BCUT2D eigenvalue weighted by atomic mass is 16.4. The first-order valence-corrected chi connectivity index (χ1v) is 6.42. The number of carboxylic acids is 1. The van der Waals surface area contributed by atoms with E-state index in [1.54, 1.807) is 4.90 Å². The molecule has 1 aliphatic rings. The predicted molar refractivity (Wildman–Crippen MR) is 70.8 cm³/mol. The van der Waals surface area contributed by atoms with Crippen molar-refractivity contribution in [1.82, 2.24) is 10.2 Å². The fourth-order valence-corrected chi connectivity index (χ4v) is 2.48. The Balaban J connectivity index is 2.10. The molecule has 0 aliphatic carbocycles. The van der Waals surface area contributed by atoms with Gasteiger partial charge in [0, 0.05) is 13.0 Å². The van der Waals surface area contributed by atoms with Crippen molar-refractivity contribution in [3.63, 3.8) is 0 Å². The number of carboxylic acid groups (broad SMARTS) is 1. The lowest BCUT2D eigenvalue weighted by Crippen LogP contribution is -2.36. The van der Waals surface area contributed by atoms with E-state index in [0.29, 0.717) is 13.0 Å². The van der Waals surface area contributed by atoms with Gasteiger partial charge in [-0.1, -0.05) is 30.3 Å². The summed E-state index contributed by atoms with van der Waals surface area (Å²) in [6.07, 6.45) is 0.558. The number of hydrogen-bond acceptors (Lipinski definition) is 2. The smallest absolute Gasteiger partial charge is 0.318 e. The maximum atomic E-state index is 11.9. The minimum atomic E-state index is -0.827. The van der Waals surface area contributed by atoms with Crippen molar-refractivity contribution in [2.24, 2.45) is 0 Å². The first-order valence-electron chi connectivity index (χ1n) is 6.42. The quantitative estimate of drug-likeness (QED) is 0.852. The number of nitrogens with one attached hydrogen (secondary N) is 1. The number of rotatable bonds is 5. The van der Waals surface area contributed by atoms with Crippen LogP contribution < -0.4 is 5.32 Å². The molecular weight excluding hydrogens is 244 g/mol. The van der Waals surface area contributed by atoms with E-state index in [4.69, 9.17) is 5.11 Å². The van der Waals surface area contributed by atoms with Crippen molar-refractivity contribution in [1.29, 1.82) is 0 Å². The van der Waals surface area contributed by atoms with E-state index < -0.39 is 5.97 Å². The zero-order valence-electron chi connectivity index (χ0n) is 10.9. The van der Waals surface area contributed by atoms with Crippen LogP contribution in [0.1, 0.15) is 31.4 Å². The van der Waals surface area contributed by atoms with Crippen LogP contribution in [-0.2, 0) is 4.79 Å². The average molecular weight is 262 g/mol. The summed E-state index contributed by atoms with van der Waals surface area (Å²) in [6, 6.07) is 9.53. The van der Waals surface area contributed by atoms with Gasteiger partial charge in [0.25, 0.3) is 0 Å². The van der Waals surface area contributed by atoms with Crippen LogP contribution in [0.3, 0.4) is 0 Å². The van der Waals surface area contributed by atoms with Crippen LogP contribution in [0, 0.1) is 0 Å². The van der Waals surface area contributed by atoms with Crippen LogP contribution in [-0.4, -0.2) is 34.6 Å². The van der Waals surface area contributed by atoms with Gasteiger partial charge in [0.15, 0.2) is 0 Å². The number of carbonyl (C=O) groups excluding carboxylic acids is 1. The zero-order chi connectivity index (χ0) is 13.8. The van der Waals surface area contributed by atoms with Crippen molar-refractivity contribution < 1.29 is 14.7 Å². The number of benzene rings is 1. The van der Waals surface area contributed by atoms with Crippen LogP contribution in [0.15, 0.2) is 30.3 Å². The summed E-state index contributed by atoms with van der Waals surface area (Å²) >= 11 is 0. The molecular formula is C14H18N2O3. The summed E-state index contributed by atoms with van der Waals surface area (Å²) < 4.78 is 0. The van der Waals surface area contributed by atoms with E-state index in [1.807, 2.05) is 37.3 Å². The molecule has 1 aromatic carbocycles. The molecule has 1 heterocycles. The SMILES string of the molecule is CC(c1ccccc1)N1C(=O)NCC1CCC(=O)O. The van der Waals surface area contributed by atoms with E-state index in [1.165, 1.54) is 0 Å². The standard InChI is InChI=1S/C14H18N2O3/c1-10(11-5-3-2-4-6-11)16-12(7-8-13(17)18)9-15-14(16)19/h2-6,10,12H,7-9H2,1H3,(H,15,19)(H,17,18). The van der Waals surface area contributed by atoms with Gasteiger partial charge in [0.2, 0.25) is 0 Å². The Morgan fingerprint density at radius 2 is 2.16 bits per heavy atom. The molecule has 2 N–H and O–H groups in total. The molecule has 102 valence electrons. The van der Waals surface area contributed by atoms with E-state index in [-0.39, 0.29) is 24.5 Å². The van der Waals surface area contributed by atoms with Gasteiger partial charge in [-0.3, -0.25) is 4.79 Å². The fourth-order valence-electron chi connectivity index (χ4n) is 2.48. The molecule has 5 heteroatoms. The molecule has 1 saturated heterocycles. The average Bonchev–Trinajstić information content (AvgIpc) is 2.78. The van der Waals surface area contributed by atoms with Crippen molar-refractivity contribution in [2.75, 3.05) is 6.54 Å². The number of urea groups is 1. The Hall–Kier alpha value is -2.04. The molecule has 1 aromatic rings. The van der Waals surface area contributed by atoms with Crippen molar-refractivity contribution in [3.05, 3.63) is 35.9 Å². The van der Waals surface area contributed by atoms with Crippen LogP contribution >= 0.6 is 0 Å². The number of nitrogens with zero attached hydrogens (tertiary/aromatic N) is 1. The van der Waals surface area contributed by atoms with Gasteiger partial charge >= 0.3 is 12.0 Å². The van der Waals surface area contributed by atoms with Gasteiger partial charge in [-0.2, -0.15) is 0 Å². The first kappa shape index (κ1) is 13.4. The lowest BCUT2D eigenvalue weighted by molar-refractivity contribution is -0.137. The monoisotopic (exact) mass is 262 g/mol. The van der Waals surface area contributed by atoms with Gasteiger partial charge in [0.1, 0.15) is 0 Å². The molecule has 1 fully saturated rings. The molecule has 2 amide bonds. The molecule has 0 bridgehead atoms. The molecule has 0 saturated carbocycles. The summed E-state index contributed by atoms with van der Waals surface area (Å²) in [6.45, 7) is 2.48. The third kappa shape index (κ3) is 3.05. The van der Waals surface area contributed by atoms with Crippen LogP contribution in [0.2, 0.25) is 0 Å². The number of amides is 2. The van der Waals surface area contributed by atoms with E-state index >= 15 is 0 Å². The number of hydrogen-bond donors (Lipinski definition) is 2. The summed E-state index contributed by atoms with van der Waals surface area (Å²) in [4.78, 5) is 24.3. The second-order valence-corrected chi connectivity index (χ2v) is 4.77. The Bertz CT molecular complexity index is 461. The summed E-state index contributed by atoms with van der Waals surface area (Å²) in [5.41, 5.74) is 1.06. The van der Waals surface area contributed by atoms with Crippen molar-refractivity contribution in [3.8, 4) is 0 Å². The second-order valence-electron chi connectivity index (χ2n) is 4.77. The maximum Gasteiger partial charge on any atom is 0.318 e. The van der Waals surface area contributed by atoms with Crippen molar-refractivity contribution in [2.45, 2.75) is 31.8 Å². The van der Waals surface area contributed by atoms with Gasteiger partial charge in [-0.05, 0) is 18.9 Å². The lowest BCUT2D eigenvalue weighted by Gasteiger charge is -2.29. The highest BCUT2D eigenvalue weighted by molar-refractivity contribution is 5.77. The number of aliphatic carboxylic acids is 1. The van der Waals surface area contributed by atoms with Crippen molar-refractivity contribution >= 4 is 12.0 Å². The molecule has 19 heavy (non-hydrogen) atoms. The lowest BCUT2D eigenvalue weighted by atomic mass is 10.0. The van der Waals surface area contributed by atoms with Gasteiger partial charge in [-0.25, -0.2) is 4.79 Å². The van der Waals surface area contributed by atoms with Crippen LogP contribution in [0.4, 0.5) is 4.79 Å². The van der Waals surface area contributed by atoms with Crippen LogP contribution in [0.5, 0.6) is 0 Å². The molecule has 5 nitrogen and oxygen atoms in total. The Kier molecular flexibility index (Phi) is 4.04. The predicted octanol–water partition coefficient (Wildman–Crippen LogP) is 2.01. The highest BCUT2D eigenvalue weighted by Gasteiger charge is 2.34. The molecule has 2 atom stereocenters. The Labute approximate surface area is 112 Å². The minimum absolute atomic E-state index is 0.0532. The first-order chi connectivity index (χ1) is 9.09. The largest absolute Gasteiger partial charge is 0.481 e. The molecule has 2 rings (SSSR count). The fraction of sp³-hybridized carbons (Fsp3) is 0.429. The molecule has 0 spiro atoms. The van der Waals surface area contributed by atoms with Gasteiger partial charge < -0.3 is 15.3 Å². The van der Waals surface area contributed by atoms with E-state index in [9.17, 15) is 9.59 Å².